The van der Waals surface area contributed by atoms with Crippen molar-refractivity contribution >= 4 is 5.97 Å². The highest BCUT2D eigenvalue weighted by atomic mass is 16.4. The van der Waals surface area contributed by atoms with Crippen LogP contribution in [0, 0.1) is 0 Å². The van der Waals surface area contributed by atoms with Crippen molar-refractivity contribution in [2.24, 2.45) is 0 Å². The summed E-state index contributed by atoms with van der Waals surface area (Å²) < 4.78 is 0. The lowest BCUT2D eigenvalue weighted by Crippen LogP contribution is -2.51. The zero-order chi connectivity index (χ0) is 13.9. The van der Waals surface area contributed by atoms with Gasteiger partial charge in [-0.1, -0.05) is 44.2 Å². The molecule has 2 rings (SSSR count). The van der Waals surface area contributed by atoms with E-state index in [0.717, 1.165) is 25.9 Å². The van der Waals surface area contributed by atoms with Gasteiger partial charge in [-0.05, 0) is 37.3 Å². The first-order valence-corrected chi connectivity index (χ1v) is 7.13. The van der Waals surface area contributed by atoms with Crippen molar-refractivity contribution in [3.63, 3.8) is 0 Å². The quantitative estimate of drug-likeness (QED) is 0.885. The number of benzene rings is 1. The number of carboxylic acid groups (broad SMARTS) is 1. The largest absolute Gasteiger partial charge is 0.480 e. The number of nitrogens with zero attached hydrogens (tertiary/aromatic N) is 1. The van der Waals surface area contributed by atoms with Crippen LogP contribution in [0.3, 0.4) is 0 Å². The van der Waals surface area contributed by atoms with Crippen LogP contribution >= 0.6 is 0 Å². The molecule has 0 amide bonds. The fourth-order valence-electron chi connectivity index (χ4n) is 3.21. The van der Waals surface area contributed by atoms with Gasteiger partial charge in [-0.3, -0.25) is 9.69 Å². The molecule has 1 heterocycles. The van der Waals surface area contributed by atoms with E-state index in [1.54, 1.807) is 0 Å². The van der Waals surface area contributed by atoms with Crippen molar-refractivity contribution in [3.05, 3.63) is 35.9 Å². The van der Waals surface area contributed by atoms with Crippen molar-refractivity contribution < 1.29 is 9.90 Å². The molecule has 1 fully saturated rings. The van der Waals surface area contributed by atoms with Gasteiger partial charge in [0.25, 0.3) is 0 Å². The molecule has 3 heteroatoms. The van der Waals surface area contributed by atoms with E-state index in [9.17, 15) is 9.90 Å². The summed E-state index contributed by atoms with van der Waals surface area (Å²) in [5.74, 6) is -0.294. The smallest absolute Gasteiger partial charge is 0.324 e. The number of likely N-dealkylation sites (tertiary alicyclic amines) is 1. The average Bonchev–Trinajstić information content (AvgIpc) is 2.83. The van der Waals surface area contributed by atoms with Crippen LogP contribution in [0.4, 0.5) is 0 Å². The van der Waals surface area contributed by atoms with Gasteiger partial charge in [0.2, 0.25) is 0 Å². The molecule has 1 aromatic rings. The van der Waals surface area contributed by atoms with Gasteiger partial charge in [-0.25, -0.2) is 0 Å². The standard InChI is InChI=1S/C16H23NO2/c1-3-16(15(18)19)10-7-11-17(16)12-13(2)14-8-5-4-6-9-14/h4-6,8-9,13H,3,7,10-12H2,1-2H3,(H,18,19). The molecular weight excluding hydrogens is 238 g/mol. The van der Waals surface area contributed by atoms with Gasteiger partial charge in [0.05, 0.1) is 0 Å². The minimum absolute atomic E-state index is 0.365. The second-order valence-corrected chi connectivity index (χ2v) is 5.55. The monoisotopic (exact) mass is 261 g/mol. The third kappa shape index (κ3) is 2.66. The Hall–Kier alpha value is -1.35. The second-order valence-electron chi connectivity index (χ2n) is 5.55. The molecule has 0 spiro atoms. The molecule has 1 saturated heterocycles. The third-order valence-corrected chi connectivity index (χ3v) is 4.47. The molecule has 0 aromatic heterocycles. The van der Waals surface area contributed by atoms with Crippen LogP contribution in [-0.2, 0) is 4.79 Å². The van der Waals surface area contributed by atoms with Crippen molar-refractivity contribution in [3.8, 4) is 0 Å². The van der Waals surface area contributed by atoms with E-state index < -0.39 is 11.5 Å². The van der Waals surface area contributed by atoms with Gasteiger partial charge >= 0.3 is 5.97 Å². The highest BCUT2D eigenvalue weighted by Crippen LogP contribution is 2.34. The summed E-state index contributed by atoms with van der Waals surface area (Å²) in [6, 6.07) is 10.3. The van der Waals surface area contributed by atoms with Crippen LogP contribution in [0.1, 0.15) is 44.6 Å². The Balaban J connectivity index is 2.12. The lowest BCUT2D eigenvalue weighted by molar-refractivity contribution is -0.150. The van der Waals surface area contributed by atoms with E-state index in [1.165, 1.54) is 5.56 Å². The number of hydrogen-bond acceptors (Lipinski definition) is 2. The SMILES string of the molecule is CCC1(C(=O)O)CCCN1CC(C)c1ccccc1. The minimum atomic E-state index is -0.659. The van der Waals surface area contributed by atoms with E-state index in [0.29, 0.717) is 12.3 Å². The lowest BCUT2D eigenvalue weighted by atomic mass is 9.91. The normalized spacial score (nSPS) is 25.4. The molecule has 2 unspecified atom stereocenters. The number of carboxylic acids is 1. The summed E-state index contributed by atoms with van der Waals surface area (Å²) in [6.45, 7) is 5.89. The molecule has 1 aromatic carbocycles. The summed E-state index contributed by atoms with van der Waals surface area (Å²) in [6.07, 6.45) is 2.45. The van der Waals surface area contributed by atoms with E-state index in [4.69, 9.17) is 0 Å². The van der Waals surface area contributed by atoms with Crippen molar-refractivity contribution in [2.75, 3.05) is 13.1 Å². The molecule has 19 heavy (non-hydrogen) atoms. The van der Waals surface area contributed by atoms with E-state index >= 15 is 0 Å². The van der Waals surface area contributed by atoms with Crippen molar-refractivity contribution in [2.45, 2.75) is 44.6 Å². The van der Waals surface area contributed by atoms with Crippen molar-refractivity contribution in [1.82, 2.24) is 4.90 Å². The highest BCUT2D eigenvalue weighted by molar-refractivity contribution is 5.79. The maximum Gasteiger partial charge on any atom is 0.324 e. The van der Waals surface area contributed by atoms with Gasteiger partial charge < -0.3 is 5.11 Å². The Morgan fingerprint density at radius 2 is 2.11 bits per heavy atom. The minimum Gasteiger partial charge on any atom is -0.480 e. The van der Waals surface area contributed by atoms with E-state index in [2.05, 4.69) is 24.0 Å². The first kappa shape index (κ1) is 14.1. The van der Waals surface area contributed by atoms with E-state index in [1.807, 2.05) is 25.1 Å². The fraction of sp³-hybridized carbons (Fsp3) is 0.562. The van der Waals surface area contributed by atoms with Crippen LogP contribution in [0.5, 0.6) is 0 Å². The number of carbonyl (C=O) groups is 1. The van der Waals surface area contributed by atoms with E-state index in [-0.39, 0.29) is 0 Å². The Bertz CT molecular complexity index is 432. The predicted molar refractivity (Wildman–Crippen MR) is 76.3 cm³/mol. The molecule has 1 aliphatic heterocycles. The van der Waals surface area contributed by atoms with Crippen LogP contribution in [0.15, 0.2) is 30.3 Å². The van der Waals surface area contributed by atoms with Crippen LogP contribution in [-0.4, -0.2) is 34.6 Å². The first-order chi connectivity index (χ1) is 9.10. The zero-order valence-corrected chi connectivity index (χ0v) is 11.8. The van der Waals surface area contributed by atoms with Gasteiger partial charge in [-0.2, -0.15) is 0 Å². The maximum atomic E-state index is 11.6. The third-order valence-electron chi connectivity index (χ3n) is 4.47. The van der Waals surface area contributed by atoms with Gasteiger partial charge in [0.1, 0.15) is 5.54 Å². The number of rotatable bonds is 5. The molecule has 2 atom stereocenters. The summed E-state index contributed by atoms with van der Waals surface area (Å²) in [5.41, 5.74) is 0.646. The Kier molecular flexibility index (Phi) is 4.25. The first-order valence-electron chi connectivity index (χ1n) is 7.13. The fourth-order valence-corrected chi connectivity index (χ4v) is 3.21. The maximum absolute atomic E-state index is 11.6. The zero-order valence-electron chi connectivity index (χ0n) is 11.8. The molecule has 0 aliphatic carbocycles. The summed E-state index contributed by atoms with van der Waals surface area (Å²) in [7, 11) is 0. The number of aliphatic carboxylic acids is 1. The molecule has 0 radical (unpaired) electrons. The van der Waals surface area contributed by atoms with Crippen LogP contribution in [0.25, 0.3) is 0 Å². The van der Waals surface area contributed by atoms with Crippen LogP contribution < -0.4 is 0 Å². The molecule has 104 valence electrons. The Labute approximate surface area is 115 Å². The van der Waals surface area contributed by atoms with Crippen LogP contribution in [0.2, 0.25) is 0 Å². The average molecular weight is 261 g/mol. The molecule has 1 aliphatic rings. The molecule has 1 N–H and O–H groups in total. The van der Waals surface area contributed by atoms with Gasteiger partial charge in [-0.15, -0.1) is 0 Å². The molecule has 0 saturated carbocycles. The summed E-state index contributed by atoms with van der Waals surface area (Å²) in [4.78, 5) is 13.8. The van der Waals surface area contributed by atoms with Gasteiger partial charge in [0.15, 0.2) is 0 Å². The molecular formula is C16H23NO2. The predicted octanol–water partition coefficient (Wildman–Crippen LogP) is 3.12. The molecule has 0 bridgehead atoms. The van der Waals surface area contributed by atoms with Crippen molar-refractivity contribution in [1.29, 1.82) is 0 Å². The second kappa shape index (κ2) is 5.74. The molecule has 3 nitrogen and oxygen atoms in total. The lowest BCUT2D eigenvalue weighted by Gasteiger charge is -2.35. The number of hydrogen-bond donors (Lipinski definition) is 1. The Morgan fingerprint density at radius 3 is 2.68 bits per heavy atom. The summed E-state index contributed by atoms with van der Waals surface area (Å²) >= 11 is 0. The highest BCUT2D eigenvalue weighted by Gasteiger charge is 2.46. The summed E-state index contributed by atoms with van der Waals surface area (Å²) in [5, 5.41) is 9.58. The Morgan fingerprint density at radius 1 is 1.42 bits per heavy atom. The van der Waals surface area contributed by atoms with Gasteiger partial charge in [0, 0.05) is 6.54 Å². The topological polar surface area (TPSA) is 40.5 Å².